The minimum atomic E-state index is -0.530. The molecule has 8 heteroatoms. The number of nitrogens with zero attached hydrogens (tertiary/aromatic N) is 1. The van der Waals surface area contributed by atoms with E-state index in [1.807, 2.05) is 11.4 Å². The van der Waals surface area contributed by atoms with Crippen LogP contribution in [0.15, 0.2) is 28.1 Å². The Balaban J connectivity index is 2.21. The lowest BCUT2D eigenvalue weighted by atomic mass is 10.2. The van der Waals surface area contributed by atoms with Crippen molar-refractivity contribution in [3.8, 4) is 0 Å². The molecule has 0 bridgehead atoms. The maximum absolute atomic E-state index is 10.7. The SMILES string of the molecule is O=[N+]([O-])c1cc(Cl)c(NCc2sccc2Br)c(Cl)c1. The summed E-state index contributed by atoms with van der Waals surface area (Å²) in [5, 5.41) is 16.2. The molecule has 0 amide bonds. The molecule has 0 radical (unpaired) electrons. The Morgan fingerprint density at radius 1 is 1.37 bits per heavy atom. The molecule has 19 heavy (non-hydrogen) atoms. The van der Waals surface area contributed by atoms with Gasteiger partial charge in [-0.05, 0) is 27.4 Å². The van der Waals surface area contributed by atoms with Gasteiger partial charge in [-0.2, -0.15) is 0 Å². The third kappa shape index (κ3) is 3.39. The Labute approximate surface area is 131 Å². The van der Waals surface area contributed by atoms with Crippen LogP contribution in [0.2, 0.25) is 10.0 Å². The van der Waals surface area contributed by atoms with Gasteiger partial charge in [0, 0.05) is 21.5 Å². The summed E-state index contributed by atoms with van der Waals surface area (Å²) in [5.74, 6) is 0. The molecule has 0 atom stereocenters. The molecule has 1 aromatic heterocycles. The smallest absolute Gasteiger partial charge is 0.272 e. The van der Waals surface area contributed by atoms with Gasteiger partial charge in [0.15, 0.2) is 0 Å². The van der Waals surface area contributed by atoms with Gasteiger partial charge in [0.05, 0.1) is 27.2 Å². The maximum atomic E-state index is 10.7. The van der Waals surface area contributed by atoms with Gasteiger partial charge in [0.2, 0.25) is 0 Å². The first-order valence-corrected chi connectivity index (χ1v) is 7.51. The zero-order valence-electron chi connectivity index (χ0n) is 9.32. The van der Waals surface area contributed by atoms with Crippen molar-refractivity contribution in [2.45, 2.75) is 6.54 Å². The summed E-state index contributed by atoms with van der Waals surface area (Å²) in [5.41, 5.74) is 0.368. The standard InChI is InChI=1S/C11H7BrCl2N2O2S/c12-7-1-2-19-10(7)5-15-11-8(13)3-6(16(17)18)4-9(11)14/h1-4,15H,5H2. The van der Waals surface area contributed by atoms with Gasteiger partial charge in [-0.15, -0.1) is 11.3 Å². The lowest BCUT2D eigenvalue weighted by Crippen LogP contribution is -2.00. The Hall–Kier alpha value is -0.820. The lowest BCUT2D eigenvalue weighted by molar-refractivity contribution is -0.384. The van der Waals surface area contributed by atoms with E-state index in [-0.39, 0.29) is 15.7 Å². The van der Waals surface area contributed by atoms with Crippen LogP contribution >= 0.6 is 50.5 Å². The molecule has 0 aliphatic heterocycles. The fourth-order valence-corrected chi connectivity index (χ4v) is 3.50. The molecule has 1 N–H and O–H groups in total. The lowest BCUT2D eigenvalue weighted by Gasteiger charge is -2.09. The summed E-state index contributed by atoms with van der Waals surface area (Å²) in [6.45, 7) is 0.537. The van der Waals surface area contributed by atoms with Gasteiger partial charge in [-0.3, -0.25) is 10.1 Å². The first kappa shape index (κ1) is 14.6. The van der Waals surface area contributed by atoms with Crippen LogP contribution in [-0.2, 0) is 6.54 Å². The number of hydrogen-bond acceptors (Lipinski definition) is 4. The van der Waals surface area contributed by atoms with E-state index in [2.05, 4.69) is 21.2 Å². The fourth-order valence-electron chi connectivity index (χ4n) is 1.45. The first-order chi connectivity index (χ1) is 8.99. The number of non-ortho nitro benzene ring substituents is 1. The number of thiophene rings is 1. The highest BCUT2D eigenvalue weighted by molar-refractivity contribution is 9.10. The van der Waals surface area contributed by atoms with E-state index < -0.39 is 4.92 Å². The van der Waals surface area contributed by atoms with Crippen LogP contribution in [0.25, 0.3) is 0 Å². The van der Waals surface area contributed by atoms with Crippen molar-refractivity contribution in [2.24, 2.45) is 0 Å². The van der Waals surface area contributed by atoms with Gasteiger partial charge in [0.1, 0.15) is 0 Å². The van der Waals surface area contributed by atoms with Crippen molar-refractivity contribution in [1.82, 2.24) is 0 Å². The van der Waals surface area contributed by atoms with Crippen LogP contribution in [0.3, 0.4) is 0 Å². The van der Waals surface area contributed by atoms with Crippen molar-refractivity contribution in [2.75, 3.05) is 5.32 Å². The van der Waals surface area contributed by atoms with Crippen molar-refractivity contribution >= 4 is 61.8 Å². The highest BCUT2D eigenvalue weighted by atomic mass is 79.9. The Morgan fingerprint density at radius 2 is 2.00 bits per heavy atom. The predicted octanol–water partition coefficient (Wildman–Crippen LogP) is 5.34. The van der Waals surface area contributed by atoms with E-state index in [0.29, 0.717) is 12.2 Å². The molecule has 0 saturated heterocycles. The Kier molecular flexibility index (Phi) is 4.67. The number of nitro groups is 1. The van der Waals surface area contributed by atoms with Crippen LogP contribution in [0.5, 0.6) is 0 Å². The number of nitro benzene ring substituents is 1. The monoisotopic (exact) mass is 380 g/mol. The van der Waals surface area contributed by atoms with E-state index in [0.717, 1.165) is 9.35 Å². The molecule has 0 aliphatic carbocycles. The maximum Gasteiger partial charge on any atom is 0.272 e. The zero-order chi connectivity index (χ0) is 14.0. The molecule has 4 nitrogen and oxygen atoms in total. The van der Waals surface area contributed by atoms with E-state index in [4.69, 9.17) is 23.2 Å². The average molecular weight is 382 g/mol. The third-order valence-corrected chi connectivity index (χ3v) is 4.88. The minimum absolute atomic E-state index is 0.127. The minimum Gasteiger partial charge on any atom is -0.378 e. The van der Waals surface area contributed by atoms with E-state index in [1.54, 1.807) is 11.3 Å². The van der Waals surface area contributed by atoms with E-state index >= 15 is 0 Å². The number of benzene rings is 1. The fraction of sp³-hybridized carbons (Fsp3) is 0.0909. The number of rotatable bonds is 4. The molecule has 100 valence electrons. The molecule has 0 unspecified atom stereocenters. The molecular weight excluding hydrogens is 375 g/mol. The zero-order valence-corrected chi connectivity index (χ0v) is 13.2. The number of hydrogen-bond donors (Lipinski definition) is 1. The summed E-state index contributed by atoms with van der Waals surface area (Å²) in [7, 11) is 0. The second kappa shape index (κ2) is 6.09. The summed E-state index contributed by atoms with van der Waals surface area (Å²) in [4.78, 5) is 11.2. The van der Waals surface area contributed by atoms with Gasteiger partial charge in [-0.25, -0.2) is 0 Å². The Bertz CT molecular complexity index is 610. The number of nitrogens with one attached hydrogen (secondary N) is 1. The average Bonchev–Trinajstić information content (AvgIpc) is 2.73. The van der Waals surface area contributed by atoms with Crippen LogP contribution in [0, 0.1) is 10.1 Å². The van der Waals surface area contributed by atoms with Crippen molar-refractivity contribution in [1.29, 1.82) is 0 Å². The molecule has 1 heterocycles. The predicted molar refractivity (Wildman–Crippen MR) is 82.5 cm³/mol. The third-order valence-electron chi connectivity index (χ3n) is 2.35. The molecule has 0 spiro atoms. The van der Waals surface area contributed by atoms with Crippen LogP contribution < -0.4 is 5.32 Å². The normalized spacial score (nSPS) is 10.5. The van der Waals surface area contributed by atoms with Gasteiger partial charge < -0.3 is 5.32 Å². The highest BCUT2D eigenvalue weighted by Crippen LogP contribution is 2.35. The summed E-state index contributed by atoms with van der Waals surface area (Å²) in [6, 6.07) is 4.50. The second-order valence-corrected chi connectivity index (χ2v) is 6.26. The molecule has 1 aromatic carbocycles. The van der Waals surface area contributed by atoms with Crippen LogP contribution in [-0.4, -0.2) is 4.92 Å². The molecule has 2 aromatic rings. The van der Waals surface area contributed by atoms with Crippen molar-refractivity contribution in [3.05, 3.63) is 53.1 Å². The Morgan fingerprint density at radius 3 is 2.47 bits per heavy atom. The number of halogens is 3. The summed E-state index contributed by atoms with van der Waals surface area (Å²) < 4.78 is 0.999. The van der Waals surface area contributed by atoms with Crippen molar-refractivity contribution < 1.29 is 4.92 Å². The quantitative estimate of drug-likeness (QED) is 0.574. The van der Waals surface area contributed by atoms with E-state index in [9.17, 15) is 10.1 Å². The first-order valence-electron chi connectivity index (χ1n) is 5.08. The molecule has 0 aliphatic rings. The van der Waals surface area contributed by atoms with Crippen molar-refractivity contribution in [3.63, 3.8) is 0 Å². The molecule has 0 saturated carbocycles. The van der Waals surface area contributed by atoms with Crippen LogP contribution in [0.1, 0.15) is 4.88 Å². The van der Waals surface area contributed by atoms with E-state index in [1.165, 1.54) is 12.1 Å². The molecular formula is C11H7BrCl2N2O2S. The number of anilines is 1. The molecule has 2 rings (SSSR count). The van der Waals surface area contributed by atoms with Gasteiger partial charge in [-0.1, -0.05) is 23.2 Å². The highest BCUT2D eigenvalue weighted by Gasteiger charge is 2.14. The largest absolute Gasteiger partial charge is 0.378 e. The second-order valence-electron chi connectivity index (χ2n) is 3.59. The summed E-state index contributed by atoms with van der Waals surface area (Å²) >= 11 is 17.0. The van der Waals surface area contributed by atoms with Gasteiger partial charge in [0.25, 0.3) is 5.69 Å². The van der Waals surface area contributed by atoms with Gasteiger partial charge >= 0.3 is 0 Å². The topological polar surface area (TPSA) is 55.2 Å². The molecule has 0 fully saturated rings. The van der Waals surface area contributed by atoms with Crippen LogP contribution in [0.4, 0.5) is 11.4 Å². The summed E-state index contributed by atoms with van der Waals surface area (Å²) in [6.07, 6.45) is 0.